The van der Waals surface area contributed by atoms with E-state index in [1.165, 1.54) is 18.3 Å². The van der Waals surface area contributed by atoms with Crippen molar-refractivity contribution in [3.05, 3.63) is 53.3 Å². The molecular weight excluding hydrogens is 354 g/mol. The highest BCUT2D eigenvalue weighted by atomic mass is 32.1. The molecule has 134 valence electrons. The van der Waals surface area contributed by atoms with Crippen molar-refractivity contribution in [1.82, 2.24) is 25.8 Å². The van der Waals surface area contributed by atoms with E-state index in [-0.39, 0.29) is 23.3 Å². The van der Waals surface area contributed by atoms with Crippen LogP contribution < -0.4 is 10.6 Å². The summed E-state index contributed by atoms with van der Waals surface area (Å²) in [5.74, 6) is -0.593. The van der Waals surface area contributed by atoms with Crippen LogP contribution in [-0.4, -0.2) is 45.2 Å². The number of amides is 2. The molecular formula is C17H17N5O3S. The number of aromatic hydroxyl groups is 1. The third-order valence-corrected chi connectivity index (χ3v) is 4.41. The number of carbonyl (C=O) groups excluding carboxylic acids is 2. The SMILES string of the molecule is O=C(NCCCNC(=O)c1cc(-c2cccs2)[nH]n1)c1ccc(O)cn1. The van der Waals surface area contributed by atoms with Crippen molar-refractivity contribution < 1.29 is 14.7 Å². The van der Waals surface area contributed by atoms with Gasteiger partial charge in [0.05, 0.1) is 16.8 Å². The maximum atomic E-state index is 12.1. The van der Waals surface area contributed by atoms with Crippen LogP contribution in [-0.2, 0) is 0 Å². The van der Waals surface area contributed by atoms with Gasteiger partial charge in [-0.15, -0.1) is 11.3 Å². The summed E-state index contributed by atoms with van der Waals surface area (Å²) in [4.78, 5) is 28.7. The number of carbonyl (C=O) groups is 2. The molecule has 3 heterocycles. The molecule has 2 amide bonds. The Morgan fingerprint density at radius 3 is 2.54 bits per heavy atom. The lowest BCUT2D eigenvalue weighted by atomic mass is 10.3. The summed E-state index contributed by atoms with van der Waals surface area (Å²) in [7, 11) is 0. The second kappa shape index (κ2) is 8.26. The summed E-state index contributed by atoms with van der Waals surface area (Å²) in [6, 6.07) is 8.43. The lowest BCUT2D eigenvalue weighted by molar-refractivity contribution is 0.0946. The third kappa shape index (κ3) is 4.45. The molecule has 0 spiro atoms. The van der Waals surface area contributed by atoms with Crippen molar-refractivity contribution in [2.45, 2.75) is 6.42 Å². The second-order valence-corrected chi connectivity index (χ2v) is 6.36. The van der Waals surface area contributed by atoms with Crippen LogP contribution in [0.5, 0.6) is 5.75 Å². The Morgan fingerprint density at radius 1 is 1.12 bits per heavy atom. The smallest absolute Gasteiger partial charge is 0.271 e. The maximum absolute atomic E-state index is 12.1. The number of hydrogen-bond donors (Lipinski definition) is 4. The molecule has 0 saturated heterocycles. The summed E-state index contributed by atoms with van der Waals surface area (Å²) in [6.07, 6.45) is 1.78. The summed E-state index contributed by atoms with van der Waals surface area (Å²) >= 11 is 1.56. The van der Waals surface area contributed by atoms with Crippen LogP contribution in [0.1, 0.15) is 27.4 Å². The summed E-state index contributed by atoms with van der Waals surface area (Å²) in [5, 5.41) is 23.4. The Balaban J connectivity index is 1.39. The van der Waals surface area contributed by atoms with Crippen molar-refractivity contribution in [3.63, 3.8) is 0 Å². The minimum atomic E-state index is -0.329. The molecule has 8 nitrogen and oxygen atoms in total. The number of pyridine rings is 1. The maximum Gasteiger partial charge on any atom is 0.271 e. The standard InChI is InChI=1S/C17H17N5O3S/c23-11-4-5-12(20-10-11)16(24)18-6-2-7-19-17(25)14-9-13(21-22-14)15-3-1-8-26-15/h1,3-5,8-10,23H,2,6-7H2,(H,18,24)(H,19,25)(H,21,22). The van der Waals surface area contributed by atoms with Crippen LogP contribution in [0, 0.1) is 0 Å². The molecule has 0 atom stereocenters. The Labute approximate surface area is 153 Å². The van der Waals surface area contributed by atoms with E-state index < -0.39 is 0 Å². The first-order valence-corrected chi connectivity index (χ1v) is 8.82. The first kappa shape index (κ1) is 17.6. The molecule has 0 radical (unpaired) electrons. The van der Waals surface area contributed by atoms with E-state index in [0.717, 1.165) is 10.6 Å². The number of hydrogen-bond acceptors (Lipinski definition) is 6. The van der Waals surface area contributed by atoms with Crippen molar-refractivity contribution in [2.24, 2.45) is 0 Å². The minimum absolute atomic E-state index is 0.00450. The highest BCUT2D eigenvalue weighted by Crippen LogP contribution is 2.22. The molecule has 0 fully saturated rings. The van der Waals surface area contributed by atoms with Crippen LogP contribution in [0.2, 0.25) is 0 Å². The van der Waals surface area contributed by atoms with Gasteiger partial charge < -0.3 is 15.7 Å². The number of rotatable bonds is 7. The van der Waals surface area contributed by atoms with E-state index in [1.807, 2.05) is 17.5 Å². The summed E-state index contributed by atoms with van der Waals surface area (Å²) in [5.41, 5.74) is 1.36. The van der Waals surface area contributed by atoms with Crippen molar-refractivity contribution in [1.29, 1.82) is 0 Å². The van der Waals surface area contributed by atoms with Crippen molar-refractivity contribution >= 4 is 23.2 Å². The minimum Gasteiger partial charge on any atom is -0.506 e. The van der Waals surface area contributed by atoms with Gasteiger partial charge in [0, 0.05) is 13.1 Å². The van der Waals surface area contributed by atoms with Crippen molar-refractivity contribution in [2.75, 3.05) is 13.1 Å². The molecule has 0 aliphatic heterocycles. The Bertz CT molecular complexity index is 874. The topological polar surface area (TPSA) is 120 Å². The Hall–Kier alpha value is -3.20. The molecule has 0 aromatic carbocycles. The molecule has 0 unspecified atom stereocenters. The first-order valence-electron chi connectivity index (χ1n) is 7.94. The van der Waals surface area contributed by atoms with Gasteiger partial charge in [-0.2, -0.15) is 5.10 Å². The lowest BCUT2D eigenvalue weighted by Crippen LogP contribution is -2.30. The molecule has 26 heavy (non-hydrogen) atoms. The molecule has 3 aromatic heterocycles. The fraction of sp³-hybridized carbons (Fsp3) is 0.176. The molecule has 0 aliphatic rings. The van der Waals surface area contributed by atoms with Gasteiger partial charge in [0.2, 0.25) is 0 Å². The van der Waals surface area contributed by atoms with Gasteiger partial charge in [-0.05, 0) is 36.1 Å². The Morgan fingerprint density at radius 2 is 1.88 bits per heavy atom. The highest BCUT2D eigenvalue weighted by molar-refractivity contribution is 7.13. The van der Waals surface area contributed by atoms with Crippen LogP contribution in [0.3, 0.4) is 0 Å². The van der Waals surface area contributed by atoms with Gasteiger partial charge in [-0.1, -0.05) is 6.07 Å². The third-order valence-electron chi connectivity index (χ3n) is 3.50. The van der Waals surface area contributed by atoms with E-state index in [1.54, 1.807) is 17.4 Å². The molecule has 4 N–H and O–H groups in total. The number of aromatic amines is 1. The molecule has 0 bridgehead atoms. The summed E-state index contributed by atoms with van der Waals surface area (Å²) < 4.78 is 0. The van der Waals surface area contributed by atoms with Gasteiger partial charge in [-0.25, -0.2) is 4.98 Å². The van der Waals surface area contributed by atoms with E-state index in [9.17, 15) is 9.59 Å². The van der Waals surface area contributed by atoms with Crippen molar-refractivity contribution in [3.8, 4) is 16.3 Å². The number of aromatic nitrogens is 3. The number of nitrogens with zero attached hydrogens (tertiary/aromatic N) is 2. The van der Waals surface area contributed by atoms with Gasteiger partial charge >= 0.3 is 0 Å². The number of nitrogens with one attached hydrogen (secondary N) is 3. The quantitative estimate of drug-likeness (QED) is 0.472. The number of thiophene rings is 1. The predicted octanol–water partition coefficient (Wildman–Crippen LogP) is 1.79. The van der Waals surface area contributed by atoms with E-state index >= 15 is 0 Å². The van der Waals surface area contributed by atoms with Gasteiger partial charge in [0.1, 0.15) is 11.4 Å². The average molecular weight is 371 g/mol. The normalized spacial score (nSPS) is 10.5. The fourth-order valence-corrected chi connectivity index (χ4v) is 2.88. The monoisotopic (exact) mass is 371 g/mol. The van der Waals surface area contributed by atoms with Crippen LogP contribution >= 0.6 is 11.3 Å². The fourth-order valence-electron chi connectivity index (χ4n) is 2.19. The van der Waals surface area contributed by atoms with E-state index in [2.05, 4.69) is 25.8 Å². The first-order chi connectivity index (χ1) is 12.6. The Kier molecular flexibility index (Phi) is 5.59. The molecule has 9 heteroatoms. The lowest BCUT2D eigenvalue weighted by Gasteiger charge is -2.05. The molecule has 3 aromatic rings. The van der Waals surface area contributed by atoms with Crippen LogP contribution in [0.4, 0.5) is 0 Å². The largest absolute Gasteiger partial charge is 0.506 e. The molecule has 3 rings (SSSR count). The predicted molar refractivity (Wildman–Crippen MR) is 97.1 cm³/mol. The number of H-pyrrole nitrogens is 1. The van der Waals surface area contributed by atoms with Gasteiger partial charge in [0.25, 0.3) is 11.8 Å². The zero-order chi connectivity index (χ0) is 18.4. The zero-order valence-corrected chi connectivity index (χ0v) is 14.5. The highest BCUT2D eigenvalue weighted by Gasteiger charge is 2.11. The van der Waals surface area contributed by atoms with Crippen LogP contribution in [0.15, 0.2) is 41.9 Å². The molecule has 0 saturated carbocycles. The second-order valence-electron chi connectivity index (χ2n) is 5.41. The molecule has 0 aliphatic carbocycles. The average Bonchev–Trinajstić information content (AvgIpc) is 3.33. The zero-order valence-electron chi connectivity index (χ0n) is 13.7. The summed E-state index contributed by atoms with van der Waals surface area (Å²) in [6.45, 7) is 0.798. The van der Waals surface area contributed by atoms with Gasteiger partial charge in [0.15, 0.2) is 5.69 Å². The van der Waals surface area contributed by atoms with Gasteiger partial charge in [-0.3, -0.25) is 14.7 Å². The van der Waals surface area contributed by atoms with Crippen LogP contribution in [0.25, 0.3) is 10.6 Å². The van der Waals surface area contributed by atoms with E-state index in [4.69, 9.17) is 5.11 Å². The van der Waals surface area contributed by atoms with E-state index in [0.29, 0.717) is 25.2 Å².